The number of rotatable bonds is 14. The first-order valence-electron chi connectivity index (χ1n) is 49.9. The molecule has 0 amide bonds. The monoisotopic (exact) mass is 1820 g/mol. The van der Waals surface area contributed by atoms with Gasteiger partial charge in [-0.05, 0) is 326 Å². The highest BCUT2D eigenvalue weighted by Crippen LogP contribution is 2.64. The maximum atomic E-state index is 6.26. The lowest BCUT2D eigenvalue weighted by atomic mass is 9.70. The molecule has 1 spiro atoms. The summed E-state index contributed by atoms with van der Waals surface area (Å²) in [6.07, 6.45) is 0. The first kappa shape index (κ1) is 94.0. The second kappa shape index (κ2) is 37.7. The van der Waals surface area contributed by atoms with Crippen LogP contribution in [0.5, 0.6) is 0 Å². The summed E-state index contributed by atoms with van der Waals surface area (Å²) in [6.45, 7) is 43.3. The van der Waals surface area contributed by atoms with Gasteiger partial charge in [-0.25, -0.2) is 0 Å². The lowest BCUT2D eigenvalue weighted by Gasteiger charge is -2.39. The van der Waals surface area contributed by atoms with Crippen LogP contribution in [0.4, 0.5) is 45.5 Å². The van der Waals surface area contributed by atoms with Crippen LogP contribution in [0.3, 0.4) is 0 Å². The van der Waals surface area contributed by atoms with Crippen molar-refractivity contribution in [3.8, 4) is 89.0 Å². The number of para-hydroxylation sites is 2. The molecule has 0 unspecified atom stereocenters. The predicted octanol–water partition coefficient (Wildman–Crippen LogP) is 37.8. The molecule has 0 radical (unpaired) electrons. The highest BCUT2D eigenvalue weighted by atomic mass is 16.3. The largest absolute Gasteiger partial charge is 0.455 e. The van der Waals surface area contributed by atoms with E-state index in [4.69, 9.17) is 4.42 Å². The predicted molar refractivity (Wildman–Crippen MR) is 600 cm³/mol. The zero-order valence-corrected chi connectivity index (χ0v) is 84.8. The lowest BCUT2D eigenvalue weighted by Crippen LogP contribution is -2.37. The molecule has 140 heavy (non-hydrogen) atoms. The molecule has 1 aromatic heterocycles. The smallest absolute Gasteiger partial charge is 0.143 e. The van der Waals surface area contributed by atoms with Gasteiger partial charge in [0.15, 0.2) is 0 Å². The van der Waals surface area contributed by atoms with Crippen LogP contribution in [-0.2, 0) is 16.2 Å². The summed E-state index contributed by atoms with van der Waals surface area (Å²) in [5.74, 6) is 0.530. The van der Waals surface area contributed by atoms with E-state index in [0.29, 0.717) is 5.92 Å². The van der Waals surface area contributed by atoms with Crippen molar-refractivity contribution in [1.29, 1.82) is 0 Å². The second-order valence-electron chi connectivity index (χ2n) is 43.7. The van der Waals surface area contributed by atoms with E-state index < -0.39 is 0 Å². The Bertz CT molecular complexity index is 7540. The van der Waals surface area contributed by atoms with Crippen LogP contribution >= 0.6 is 0 Å². The summed E-state index contributed by atoms with van der Waals surface area (Å²) in [5, 5.41) is 2.32. The molecule has 0 atom stereocenters. The first-order chi connectivity index (χ1) is 67.2. The van der Waals surface area contributed by atoms with Gasteiger partial charge in [-0.1, -0.05) is 382 Å². The molecule has 0 fully saturated rings. The minimum absolute atomic E-state index is 0.00264. The van der Waals surface area contributed by atoms with Gasteiger partial charge in [0.05, 0.1) is 5.41 Å². The van der Waals surface area contributed by atoms with Crippen LogP contribution < -0.4 is 19.6 Å². The first-order valence-corrected chi connectivity index (χ1v) is 49.9. The molecule has 3 aliphatic rings. The number of fused-ring (bicyclic) bond motifs is 16. The number of hydrogen-bond donors (Lipinski definition) is 0. The maximum absolute atomic E-state index is 6.26. The fourth-order valence-corrected chi connectivity index (χ4v) is 21.8. The van der Waals surface area contributed by atoms with E-state index in [-0.39, 0.29) is 38.4 Å². The third kappa shape index (κ3) is 18.3. The normalized spacial score (nSPS) is 13.0. The van der Waals surface area contributed by atoms with Crippen LogP contribution in [0.15, 0.2) is 441 Å². The molecule has 3 aliphatic carbocycles. The molecule has 5 nitrogen and oxygen atoms in total. The van der Waals surface area contributed by atoms with Crippen molar-refractivity contribution in [3.63, 3.8) is 0 Å². The van der Waals surface area contributed by atoms with Gasteiger partial charge in [0, 0.05) is 89.4 Å². The van der Waals surface area contributed by atoms with E-state index in [2.05, 4.69) is 576 Å². The Balaban J connectivity index is 0.000000120. The zero-order chi connectivity index (χ0) is 97.8. The van der Waals surface area contributed by atoms with Crippen molar-refractivity contribution < 1.29 is 4.42 Å². The molecule has 5 heteroatoms. The Morgan fingerprint density at radius 3 is 0.850 bits per heavy atom. The summed E-state index contributed by atoms with van der Waals surface area (Å²) in [7, 11) is 0. The SMILES string of the molecule is CC(C)(C)N(c1ccc(-c2ccccc2)cc1)c1ccc2c(c1)C1(c3ccccc3-c3ccccc31)c1ccccc1-2.CC(C)(C)c1ccc(N(c2ccc(-c3ccc(-c4ccccc4)cc3)cc2)C(C)(C)C)cc1.CC(C)c1ccc(N(c2ccc(-c3cccc4c3oc3ccccc34)cc2)C(C)(C)C)cc1.CC1(C)c2ccccc2-c2ccc(N(c3ccc(-c4ccccc4)cc3)C(C)(C)C)cc21. The van der Waals surface area contributed by atoms with Crippen molar-refractivity contribution in [2.75, 3.05) is 19.6 Å². The van der Waals surface area contributed by atoms with E-state index in [1.165, 1.54) is 168 Å². The van der Waals surface area contributed by atoms with Gasteiger partial charge in [0.25, 0.3) is 0 Å². The summed E-state index contributed by atoms with van der Waals surface area (Å²) in [6, 6.07) is 159. The van der Waals surface area contributed by atoms with Gasteiger partial charge in [0.1, 0.15) is 11.2 Å². The molecule has 0 aliphatic heterocycles. The third-order valence-electron chi connectivity index (χ3n) is 28.3. The Kier molecular flexibility index (Phi) is 25.3. The number of benzene rings is 18. The van der Waals surface area contributed by atoms with Crippen molar-refractivity contribution in [2.45, 2.75) is 176 Å². The van der Waals surface area contributed by atoms with E-state index in [1.807, 2.05) is 12.1 Å². The van der Waals surface area contributed by atoms with E-state index in [9.17, 15) is 0 Å². The van der Waals surface area contributed by atoms with Gasteiger partial charge in [-0.15, -0.1) is 0 Å². The molecule has 0 saturated carbocycles. The van der Waals surface area contributed by atoms with Crippen LogP contribution in [-0.4, -0.2) is 22.2 Å². The highest BCUT2D eigenvalue weighted by molar-refractivity contribution is 6.10. The van der Waals surface area contributed by atoms with E-state index in [1.54, 1.807) is 0 Å². The maximum Gasteiger partial charge on any atom is 0.143 e. The molecule has 0 N–H and O–H groups in total. The molecule has 19 aromatic rings. The van der Waals surface area contributed by atoms with Gasteiger partial charge in [-0.3, -0.25) is 0 Å². The van der Waals surface area contributed by atoms with Crippen LogP contribution in [0.1, 0.15) is 182 Å². The lowest BCUT2D eigenvalue weighted by molar-refractivity contribution is 0.559. The molecule has 18 aromatic carbocycles. The minimum Gasteiger partial charge on any atom is -0.455 e. The standard InChI is InChI=1S/C41H33N.C32H35N.C31H31NO.C31H31N/c1-40(2,3)42(30-23-21-29(22-24-30)28-13-5-4-6-14-28)31-25-26-35-34-17-9-12-20-38(34)41(39(35)27-31)36-18-10-7-15-32(36)33-16-8-11-19-37(33)41;1-31(2,3)28-18-22-30(23-19-28)33(32(4,5)6)29-20-16-27(17-21-29)26-14-12-25(13-15-26)24-10-8-7-9-11-24;1-21(2)22-13-17-24(18-14-22)32(31(3,4)5)25-19-15-23(16-20-25)26-10-8-11-28-27-9-6-7-12-29(27)33-30(26)28;1-30(2,3)32(24-17-15-23(16-18-24)22-11-7-6-8-12-22)25-19-20-27-26-13-9-10-14-28(26)31(4,5)29(27)21-25/h4-27H,1-3H3;7-23H,1-6H3;6-21H,1-5H3;6-21H,1-5H3. The Hall–Kier alpha value is -15.0. The van der Waals surface area contributed by atoms with Crippen LogP contribution in [0.25, 0.3) is 111 Å². The van der Waals surface area contributed by atoms with E-state index >= 15 is 0 Å². The number of nitrogens with zero attached hydrogens (tertiary/aromatic N) is 4. The van der Waals surface area contributed by atoms with Gasteiger partial charge >= 0.3 is 0 Å². The minimum atomic E-state index is -0.337. The Morgan fingerprint density at radius 2 is 0.479 bits per heavy atom. The molecule has 0 bridgehead atoms. The van der Waals surface area contributed by atoms with Gasteiger partial charge < -0.3 is 24.0 Å². The number of anilines is 8. The quantitative estimate of drug-likeness (QED) is 0.108. The van der Waals surface area contributed by atoms with Crippen LogP contribution in [0.2, 0.25) is 0 Å². The molecular formula is C135H130N4O. The average molecular weight is 1820 g/mol. The van der Waals surface area contributed by atoms with Crippen molar-refractivity contribution in [1.82, 2.24) is 0 Å². The van der Waals surface area contributed by atoms with Crippen LogP contribution in [0, 0.1) is 0 Å². The summed E-state index contributed by atoms with van der Waals surface area (Å²) in [4.78, 5) is 9.77. The second-order valence-corrected chi connectivity index (χ2v) is 43.7. The van der Waals surface area contributed by atoms with Crippen molar-refractivity contribution >= 4 is 67.4 Å². The van der Waals surface area contributed by atoms with Gasteiger partial charge in [0.2, 0.25) is 0 Å². The summed E-state index contributed by atoms with van der Waals surface area (Å²) in [5.41, 5.74) is 42.4. The highest BCUT2D eigenvalue weighted by Gasteiger charge is 2.52. The zero-order valence-electron chi connectivity index (χ0n) is 84.8. The molecule has 1 heterocycles. The topological polar surface area (TPSA) is 26.1 Å². The molecule has 0 saturated heterocycles. The Morgan fingerprint density at radius 1 is 0.214 bits per heavy atom. The molecule has 22 rings (SSSR count). The number of furan rings is 1. The summed E-state index contributed by atoms with van der Waals surface area (Å²) < 4.78 is 6.26. The van der Waals surface area contributed by atoms with E-state index in [0.717, 1.165) is 33.1 Å². The number of hydrogen-bond acceptors (Lipinski definition) is 5. The summed E-state index contributed by atoms with van der Waals surface area (Å²) >= 11 is 0. The fourth-order valence-electron chi connectivity index (χ4n) is 21.8. The molecular weight excluding hydrogens is 1690 g/mol. The molecule has 696 valence electrons. The van der Waals surface area contributed by atoms with Gasteiger partial charge in [-0.2, -0.15) is 0 Å². The van der Waals surface area contributed by atoms with Crippen molar-refractivity contribution in [2.24, 2.45) is 0 Å². The Labute approximate surface area is 831 Å². The van der Waals surface area contributed by atoms with Crippen molar-refractivity contribution in [3.05, 3.63) is 481 Å². The third-order valence-corrected chi connectivity index (χ3v) is 28.3. The fraction of sp³-hybridized carbons (Fsp3) is 0.200. The average Bonchev–Trinajstić information content (AvgIpc) is 1.50.